The van der Waals surface area contributed by atoms with Crippen LogP contribution in [0.1, 0.15) is 0 Å². The second kappa shape index (κ2) is 6.70. The molecule has 0 amide bonds. The smallest absolute Gasteiger partial charge is 0.292 e. The van der Waals surface area contributed by atoms with E-state index in [1.54, 1.807) is 0 Å². The molecule has 28 heavy (non-hydrogen) atoms. The van der Waals surface area contributed by atoms with E-state index in [0.29, 0.717) is 5.56 Å². The Morgan fingerprint density at radius 2 is 1.71 bits per heavy atom. The van der Waals surface area contributed by atoms with Crippen molar-refractivity contribution in [1.29, 1.82) is 0 Å². The molecule has 3 aromatic rings. The predicted molar refractivity (Wildman–Crippen MR) is 99.6 cm³/mol. The first-order chi connectivity index (χ1) is 13.0. The van der Waals surface area contributed by atoms with Gasteiger partial charge in [0.2, 0.25) is 15.8 Å². The zero-order valence-electron chi connectivity index (χ0n) is 14.1. The van der Waals surface area contributed by atoms with Gasteiger partial charge in [-0.25, -0.2) is 13.4 Å². The summed E-state index contributed by atoms with van der Waals surface area (Å²) < 4.78 is 24.7. The van der Waals surface area contributed by atoms with Crippen LogP contribution in [0.25, 0.3) is 22.2 Å². The van der Waals surface area contributed by atoms with Crippen molar-refractivity contribution in [3.05, 3.63) is 67.0 Å². The number of benzene rings is 2. The van der Waals surface area contributed by atoms with E-state index >= 15 is 0 Å². The van der Waals surface area contributed by atoms with Gasteiger partial charge >= 0.3 is 0 Å². The summed E-state index contributed by atoms with van der Waals surface area (Å²) in [6.45, 7) is 0. The van der Waals surface area contributed by atoms with Crippen molar-refractivity contribution in [2.45, 2.75) is 0 Å². The maximum atomic E-state index is 12.0. The molecule has 0 radical (unpaired) electrons. The summed E-state index contributed by atoms with van der Waals surface area (Å²) in [5, 5.41) is 22.2. The highest BCUT2D eigenvalue weighted by atomic mass is 32.2. The number of nitrogens with zero attached hydrogens (tertiary/aromatic N) is 3. The Morgan fingerprint density at radius 3 is 2.25 bits per heavy atom. The molecule has 0 fully saturated rings. The number of nitrogens with one attached hydrogen (secondary N) is 2. The molecule has 3 rings (SSSR count). The molecule has 0 atom stereocenters. The third kappa shape index (κ3) is 3.78. The molecular formula is C15H11N5O7S. The van der Waals surface area contributed by atoms with Gasteiger partial charge in [0.15, 0.2) is 0 Å². The molecule has 0 aliphatic rings. The average Bonchev–Trinajstić information content (AvgIpc) is 2.60. The van der Waals surface area contributed by atoms with Crippen LogP contribution in [0, 0.1) is 20.2 Å². The van der Waals surface area contributed by atoms with Crippen molar-refractivity contribution < 1.29 is 18.3 Å². The number of nitro benzene ring substituents is 2. The molecule has 2 aromatic carbocycles. The third-order valence-corrected chi connectivity index (χ3v) is 4.24. The van der Waals surface area contributed by atoms with Gasteiger partial charge in [-0.05, 0) is 23.8 Å². The maximum absolute atomic E-state index is 12.0. The standard InChI is InChI=1S/C15H11N5O7S/c1-28(26,27)18-14-15(21)17-12-7-13(20(24)25)10(6-11(12)16-14)8-2-4-9(5-3-8)19(22)23/h2-7H,1H3,(H,16,18)(H,17,21). The van der Waals surface area contributed by atoms with Crippen LogP contribution in [-0.2, 0) is 10.0 Å². The highest BCUT2D eigenvalue weighted by molar-refractivity contribution is 7.92. The summed E-state index contributed by atoms with van der Waals surface area (Å²) in [6.07, 6.45) is 0.844. The number of aromatic nitrogens is 2. The van der Waals surface area contributed by atoms with Gasteiger partial charge in [0.25, 0.3) is 16.9 Å². The number of non-ortho nitro benzene ring substituents is 1. The number of aromatic amines is 1. The topological polar surface area (TPSA) is 178 Å². The van der Waals surface area contributed by atoms with E-state index in [0.717, 1.165) is 12.3 Å². The van der Waals surface area contributed by atoms with Crippen LogP contribution in [0.4, 0.5) is 17.2 Å². The average molecular weight is 405 g/mol. The Morgan fingerprint density at radius 1 is 1.07 bits per heavy atom. The second-order valence-electron chi connectivity index (χ2n) is 5.74. The summed E-state index contributed by atoms with van der Waals surface area (Å²) in [4.78, 5) is 39.2. The summed E-state index contributed by atoms with van der Waals surface area (Å²) in [6, 6.07) is 7.45. The Hall–Kier alpha value is -3.87. The first-order valence-electron chi connectivity index (χ1n) is 7.50. The number of nitro groups is 2. The summed E-state index contributed by atoms with van der Waals surface area (Å²) in [7, 11) is -3.77. The van der Waals surface area contributed by atoms with Crippen LogP contribution in [0.15, 0.2) is 41.2 Å². The minimum atomic E-state index is -3.77. The minimum absolute atomic E-state index is 0.0291. The van der Waals surface area contributed by atoms with E-state index in [4.69, 9.17) is 0 Å². The Bertz CT molecular complexity index is 1280. The first-order valence-corrected chi connectivity index (χ1v) is 9.39. The predicted octanol–water partition coefficient (Wildman–Crippen LogP) is 1.78. The van der Waals surface area contributed by atoms with Crippen LogP contribution in [-0.4, -0.2) is 34.5 Å². The molecule has 0 unspecified atom stereocenters. The number of anilines is 1. The van der Waals surface area contributed by atoms with Crippen LogP contribution in [0.5, 0.6) is 0 Å². The molecule has 1 aromatic heterocycles. The quantitative estimate of drug-likeness (QED) is 0.476. The van der Waals surface area contributed by atoms with Crippen LogP contribution in [0.2, 0.25) is 0 Å². The molecule has 0 saturated carbocycles. The fourth-order valence-corrected chi connectivity index (χ4v) is 3.00. The Kier molecular flexibility index (Phi) is 4.52. The number of fused-ring (bicyclic) bond motifs is 1. The maximum Gasteiger partial charge on any atom is 0.292 e. The second-order valence-corrected chi connectivity index (χ2v) is 7.48. The summed E-state index contributed by atoms with van der Waals surface area (Å²) >= 11 is 0. The highest BCUT2D eigenvalue weighted by Gasteiger charge is 2.20. The molecule has 144 valence electrons. The fourth-order valence-electron chi connectivity index (χ4n) is 2.51. The zero-order chi connectivity index (χ0) is 20.6. The van der Waals surface area contributed by atoms with Gasteiger partial charge in [-0.2, -0.15) is 0 Å². The lowest BCUT2D eigenvalue weighted by molar-refractivity contribution is -0.385. The zero-order valence-corrected chi connectivity index (χ0v) is 14.9. The molecule has 13 heteroatoms. The van der Waals surface area contributed by atoms with Gasteiger partial charge in [0.1, 0.15) is 0 Å². The van der Waals surface area contributed by atoms with E-state index in [-0.39, 0.29) is 28.0 Å². The van der Waals surface area contributed by atoms with Gasteiger partial charge in [-0.3, -0.25) is 29.7 Å². The van der Waals surface area contributed by atoms with E-state index in [2.05, 4.69) is 9.97 Å². The highest BCUT2D eigenvalue weighted by Crippen LogP contribution is 2.33. The Labute approximate surface area is 156 Å². The number of sulfonamides is 1. The lowest BCUT2D eigenvalue weighted by Crippen LogP contribution is -2.20. The molecule has 0 spiro atoms. The molecule has 12 nitrogen and oxygen atoms in total. The molecule has 0 aliphatic carbocycles. The fraction of sp³-hybridized carbons (Fsp3) is 0.0667. The van der Waals surface area contributed by atoms with E-state index in [1.165, 1.54) is 30.3 Å². The van der Waals surface area contributed by atoms with Crippen molar-refractivity contribution in [3.63, 3.8) is 0 Å². The minimum Gasteiger partial charge on any atom is -0.317 e. The third-order valence-electron chi connectivity index (χ3n) is 3.68. The van der Waals surface area contributed by atoms with Gasteiger partial charge < -0.3 is 4.98 Å². The molecular weight excluding hydrogens is 394 g/mol. The summed E-state index contributed by atoms with van der Waals surface area (Å²) in [5.41, 5.74) is -0.889. The van der Waals surface area contributed by atoms with Gasteiger partial charge in [-0.1, -0.05) is 0 Å². The molecule has 2 N–H and O–H groups in total. The first kappa shape index (κ1) is 18.9. The van der Waals surface area contributed by atoms with Gasteiger partial charge in [0.05, 0.1) is 32.7 Å². The lowest BCUT2D eigenvalue weighted by atomic mass is 10.0. The number of H-pyrrole nitrogens is 1. The molecule has 0 saturated heterocycles. The van der Waals surface area contributed by atoms with Crippen molar-refractivity contribution in [2.75, 3.05) is 11.0 Å². The molecule has 0 aliphatic heterocycles. The van der Waals surface area contributed by atoms with Gasteiger partial charge in [0, 0.05) is 18.2 Å². The normalized spacial score (nSPS) is 11.3. The largest absolute Gasteiger partial charge is 0.317 e. The van der Waals surface area contributed by atoms with E-state index in [1.807, 2.05) is 4.72 Å². The lowest BCUT2D eigenvalue weighted by Gasteiger charge is -2.07. The van der Waals surface area contributed by atoms with E-state index < -0.39 is 31.2 Å². The van der Waals surface area contributed by atoms with E-state index in [9.17, 15) is 33.4 Å². The summed E-state index contributed by atoms with van der Waals surface area (Å²) in [5.74, 6) is -0.487. The monoisotopic (exact) mass is 405 g/mol. The molecule has 1 heterocycles. The SMILES string of the molecule is CS(=O)(=O)Nc1nc2cc(-c3ccc([N+](=O)[O-])cc3)c([N+](=O)[O-])cc2[nH]c1=O. The van der Waals surface area contributed by atoms with Crippen molar-refractivity contribution in [1.82, 2.24) is 9.97 Å². The van der Waals surface area contributed by atoms with Crippen molar-refractivity contribution in [2.24, 2.45) is 0 Å². The van der Waals surface area contributed by atoms with Gasteiger partial charge in [-0.15, -0.1) is 0 Å². The van der Waals surface area contributed by atoms with Crippen LogP contribution >= 0.6 is 0 Å². The number of hydrogen-bond acceptors (Lipinski definition) is 8. The Balaban J connectivity index is 2.24. The van der Waals surface area contributed by atoms with Crippen LogP contribution < -0.4 is 10.3 Å². The van der Waals surface area contributed by atoms with Crippen LogP contribution in [0.3, 0.4) is 0 Å². The number of rotatable bonds is 5. The number of hydrogen-bond donors (Lipinski definition) is 2. The van der Waals surface area contributed by atoms with Crippen molar-refractivity contribution >= 4 is 38.2 Å². The van der Waals surface area contributed by atoms with Crippen molar-refractivity contribution in [3.8, 4) is 11.1 Å². The molecule has 0 bridgehead atoms.